The van der Waals surface area contributed by atoms with Crippen molar-refractivity contribution in [3.8, 4) is 0 Å². The molecule has 0 bridgehead atoms. The zero-order valence-electron chi connectivity index (χ0n) is 6.10. The van der Waals surface area contributed by atoms with Crippen molar-refractivity contribution in [3.05, 3.63) is 50.2 Å². The number of hydrogen-bond acceptors (Lipinski definition) is 2. The van der Waals surface area contributed by atoms with Crippen molar-refractivity contribution in [2.45, 2.75) is 0 Å². The highest BCUT2D eigenvalue weighted by molar-refractivity contribution is 5.54. The van der Waals surface area contributed by atoms with Gasteiger partial charge in [0, 0.05) is 5.22 Å². The Labute approximate surface area is 68.1 Å². The van der Waals surface area contributed by atoms with Crippen LogP contribution < -0.4 is 10.4 Å². The van der Waals surface area contributed by atoms with Crippen LogP contribution in [0.5, 0.6) is 0 Å². The molecule has 0 radical (unpaired) electrons. The van der Waals surface area contributed by atoms with E-state index in [1.165, 1.54) is 24.3 Å². The van der Waals surface area contributed by atoms with Crippen LogP contribution in [-0.2, 0) is 0 Å². The van der Waals surface area contributed by atoms with Gasteiger partial charge in [-0.05, 0) is 29.5 Å². The van der Waals surface area contributed by atoms with Crippen LogP contribution in [0.1, 0.15) is 0 Å². The van der Waals surface area contributed by atoms with E-state index in [1.807, 2.05) is 5.87 Å². The Morgan fingerprint density at radius 1 is 1.42 bits per heavy atom. The summed E-state index contributed by atoms with van der Waals surface area (Å²) >= 11 is 0. The lowest BCUT2D eigenvalue weighted by Gasteiger charge is -1.83. The molecular weight excluding hydrogens is 156 g/mol. The lowest BCUT2D eigenvalue weighted by atomic mass is 10.3. The lowest BCUT2D eigenvalue weighted by Crippen LogP contribution is -2.09. The van der Waals surface area contributed by atoms with E-state index in [2.05, 4.69) is 0 Å². The predicted molar refractivity (Wildman–Crippen MR) is 44.6 cm³/mol. The third-order valence-electron chi connectivity index (χ3n) is 1.29. The quantitative estimate of drug-likeness (QED) is 0.320. The van der Waals surface area contributed by atoms with Gasteiger partial charge in [0.2, 0.25) is 6.20 Å². The van der Waals surface area contributed by atoms with E-state index in [0.717, 1.165) is 6.20 Å². The molecule has 60 valence electrons. The second kappa shape index (κ2) is 3.46. The highest BCUT2D eigenvalue weighted by Gasteiger charge is 1.85. The number of hydrogen-bond donors (Lipinski definition) is 0. The van der Waals surface area contributed by atoms with E-state index in [1.54, 1.807) is 0 Å². The molecule has 0 aliphatic heterocycles. The van der Waals surface area contributed by atoms with Gasteiger partial charge in [-0.3, -0.25) is 16.0 Å². The summed E-state index contributed by atoms with van der Waals surface area (Å²) in [6.07, 6.45) is 0.890. The molecule has 0 aliphatic rings. The molecule has 1 aromatic carbocycles. The Morgan fingerprint density at radius 3 is 2.42 bits per heavy atom. The summed E-state index contributed by atoms with van der Waals surface area (Å²) in [6, 6.07) is 6.13. The molecule has 4 nitrogen and oxygen atoms in total. The molecule has 0 atom stereocenters. The maximum atomic E-state index is 10.0. The maximum Gasteiger partial charge on any atom is 0.241 e. The summed E-state index contributed by atoms with van der Waals surface area (Å²) in [4.78, 5) is 9.48. The maximum absolute atomic E-state index is 10.0. The fraction of sp³-hybridized carbons (Fsp3) is 0. The van der Waals surface area contributed by atoms with Gasteiger partial charge in [-0.2, -0.15) is 0 Å². The molecule has 0 amide bonds. The summed E-state index contributed by atoms with van der Waals surface area (Å²) < 4.78 is 0. The number of rotatable bonds is 1. The lowest BCUT2D eigenvalue weighted by molar-refractivity contribution is -0.363. The largest absolute Gasteiger partial charge is 0.763 e. The van der Waals surface area contributed by atoms with Crippen LogP contribution in [0.4, 0.5) is 0 Å². The highest BCUT2D eigenvalue weighted by atomic mass is 16.6. The molecule has 1 rings (SSSR count). The van der Waals surface area contributed by atoms with E-state index >= 15 is 0 Å². The molecule has 0 N–H and O–H groups in total. The third kappa shape index (κ3) is 2.04. The summed E-state index contributed by atoms with van der Waals surface area (Å²) in [5, 5.41) is 19.4. The predicted octanol–water partition coefficient (Wildman–Crippen LogP) is -0.388. The molecule has 1 aromatic rings. The van der Waals surface area contributed by atoms with Crippen LogP contribution in [0.3, 0.4) is 0 Å². The second-order valence-corrected chi connectivity index (χ2v) is 2.15. The smallest absolute Gasteiger partial charge is 0.241 e. The van der Waals surface area contributed by atoms with E-state index in [-0.39, 0.29) is 0 Å². The standard InChI is InChI=1S/C8H5N2O2/c9-5-7-1-3-8(4-2-7)6-10(11)12/h1-4,6H/q-1. The minimum absolute atomic E-state index is 0.485. The van der Waals surface area contributed by atoms with Gasteiger partial charge in [0.15, 0.2) is 0 Å². The van der Waals surface area contributed by atoms with Gasteiger partial charge in [0.05, 0.1) is 4.92 Å². The third-order valence-corrected chi connectivity index (χ3v) is 1.29. The van der Waals surface area contributed by atoms with Gasteiger partial charge in [0.25, 0.3) is 0 Å². The topological polar surface area (TPSA) is 65.4 Å². The first-order valence-corrected chi connectivity index (χ1v) is 3.21. The van der Waals surface area contributed by atoms with Gasteiger partial charge in [-0.25, -0.2) is 0 Å². The number of benzene rings is 1. The number of nitrogens with zero attached hydrogens (tertiary/aromatic N) is 2. The normalized spacial score (nSPS) is 8.67. The van der Waals surface area contributed by atoms with Crippen LogP contribution in [0.15, 0.2) is 24.3 Å². The average molecular weight is 161 g/mol. The Hall–Kier alpha value is -1.93. The monoisotopic (exact) mass is 161 g/mol. The van der Waals surface area contributed by atoms with Crippen LogP contribution in [0.2, 0.25) is 0 Å². The van der Waals surface area contributed by atoms with Crippen LogP contribution in [0, 0.1) is 10.1 Å². The van der Waals surface area contributed by atoms with E-state index < -0.39 is 4.92 Å². The van der Waals surface area contributed by atoms with Crippen LogP contribution >= 0.6 is 0 Å². The molecule has 0 aromatic heterocycles. The summed E-state index contributed by atoms with van der Waals surface area (Å²) in [5.41, 5.74) is 0. The molecule has 0 saturated heterocycles. The van der Waals surface area contributed by atoms with E-state index in [0.29, 0.717) is 10.4 Å². The summed E-state index contributed by atoms with van der Waals surface area (Å²) in [7, 11) is 0. The van der Waals surface area contributed by atoms with Crippen molar-refractivity contribution in [3.63, 3.8) is 0 Å². The van der Waals surface area contributed by atoms with Crippen LogP contribution in [0.25, 0.3) is 11.6 Å². The van der Waals surface area contributed by atoms with Crippen molar-refractivity contribution < 1.29 is 4.92 Å². The SMILES string of the molecule is [N-]=C=c1ccc(=C[N+](=O)[O-])cc1. The van der Waals surface area contributed by atoms with Crippen molar-refractivity contribution in [1.29, 1.82) is 0 Å². The van der Waals surface area contributed by atoms with Gasteiger partial charge in [-0.1, -0.05) is 0 Å². The first-order chi connectivity index (χ1) is 5.72. The number of nitro groups is 1. The Bertz CT molecular complexity index is 409. The zero-order valence-corrected chi connectivity index (χ0v) is 6.10. The van der Waals surface area contributed by atoms with Crippen molar-refractivity contribution in [2.75, 3.05) is 0 Å². The fourth-order valence-electron chi connectivity index (χ4n) is 0.765. The molecular formula is C8H5N2O2-. The van der Waals surface area contributed by atoms with Crippen LogP contribution in [-0.4, -0.2) is 10.8 Å². The molecule has 0 saturated carbocycles. The fourth-order valence-corrected chi connectivity index (χ4v) is 0.765. The minimum atomic E-state index is -0.526. The molecule has 0 spiro atoms. The molecule has 12 heavy (non-hydrogen) atoms. The molecule has 0 heterocycles. The molecule has 0 fully saturated rings. The molecule has 0 unspecified atom stereocenters. The van der Waals surface area contributed by atoms with E-state index in [9.17, 15) is 10.1 Å². The summed E-state index contributed by atoms with van der Waals surface area (Å²) in [6.45, 7) is 0. The van der Waals surface area contributed by atoms with Crippen molar-refractivity contribution >= 4 is 12.1 Å². The Balaban J connectivity index is 3.26. The summed E-state index contributed by atoms with van der Waals surface area (Å²) in [5.74, 6) is 1.92. The van der Waals surface area contributed by atoms with Gasteiger partial charge < -0.3 is 5.41 Å². The molecule has 0 aliphatic carbocycles. The van der Waals surface area contributed by atoms with E-state index in [4.69, 9.17) is 5.41 Å². The Kier molecular flexibility index (Phi) is 2.35. The second-order valence-electron chi connectivity index (χ2n) is 2.15. The van der Waals surface area contributed by atoms with Gasteiger partial charge >= 0.3 is 0 Å². The molecule has 4 heteroatoms. The van der Waals surface area contributed by atoms with Gasteiger partial charge in [-0.15, -0.1) is 0 Å². The Morgan fingerprint density at radius 2 is 2.00 bits per heavy atom. The first-order valence-electron chi connectivity index (χ1n) is 3.21. The minimum Gasteiger partial charge on any atom is -0.763 e. The van der Waals surface area contributed by atoms with Gasteiger partial charge in [0.1, 0.15) is 0 Å². The first kappa shape index (κ1) is 8.17. The highest BCUT2D eigenvalue weighted by Crippen LogP contribution is 1.70. The van der Waals surface area contributed by atoms with Crippen molar-refractivity contribution in [1.82, 2.24) is 0 Å². The average Bonchev–Trinajstić information content (AvgIpc) is 2.05. The zero-order chi connectivity index (χ0) is 8.97. The van der Waals surface area contributed by atoms with Crippen molar-refractivity contribution in [2.24, 2.45) is 0 Å².